The molecule has 0 unspecified atom stereocenters. The number of hydrogen-bond acceptors (Lipinski definition) is 7. The van der Waals surface area contributed by atoms with Gasteiger partial charge in [-0.1, -0.05) is 32.9 Å². The molecule has 3 rings (SSSR count). The Morgan fingerprint density at radius 2 is 1.44 bits per heavy atom. The second-order valence-electron chi connectivity index (χ2n) is 9.79. The van der Waals surface area contributed by atoms with E-state index in [-0.39, 0.29) is 29.2 Å². The third-order valence-corrected chi connectivity index (χ3v) is 5.84. The van der Waals surface area contributed by atoms with Gasteiger partial charge in [-0.25, -0.2) is 0 Å². The largest absolute Gasteiger partial charge is 0.493 e. The average molecular weight is 471 g/mol. The van der Waals surface area contributed by atoms with Crippen LogP contribution in [-0.2, 0) is 27.2 Å². The van der Waals surface area contributed by atoms with Crippen LogP contribution in [0.5, 0.6) is 23.0 Å². The SMILES string of the molecule is COc1ccc(C[C@H]2COC(=O)[C@@H]2Cc2ccc(OC(=O)CC(C)(C)C)c(OC)c2)cc1OC. The Labute approximate surface area is 201 Å². The Morgan fingerprint density at radius 1 is 0.882 bits per heavy atom. The van der Waals surface area contributed by atoms with Gasteiger partial charge in [0, 0.05) is 5.92 Å². The molecule has 2 aromatic rings. The molecule has 0 radical (unpaired) electrons. The quantitative estimate of drug-likeness (QED) is 0.390. The van der Waals surface area contributed by atoms with E-state index >= 15 is 0 Å². The topological polar surface area (TPSA) is 80.3 Å². The summed E-state index contributed by atoms with van der Waals surface area (Å²) in [4.78, 5) is 24.8. The van der Waals surface area contributed by atoms with Crippen molar-refractivity contribution >= 4 is 11.9 Å². The fourth-order valence-electron chi connectivity index (χ4n) is 4.14. The highest BCUT2D eigenvalue weighted by atomic mass is 16.6. The lowest BCUT2D eigenvalue weighted by molar-refractivity contribution is -0.141. The highest BCUT2D eigenvalue weighted by Crippen LogP contribution is 2.35. The Hall–Kier alpha value is -3.22. The van der Waals surface area contributed by atoms with Crippen LogP contribution in [0.15, 0.2) is 36.4 Å². The number of benzene rings is 2. The predicted octanol–water partition coefficient (Wildman–Crippen LogP) is 4.63. The van der Waals surface area contributed by atoms with Crippen LogP contribution in [0, 0.1) is 17.3 Å². The molecule has 34 heavy (non-hydrogen) atoms. The minimum atomic E-state index is -0.312. The molecule has 2 atom stereocenters. The van der Waals surface area contributed by atoms with E-state index in [4.69, 9.17) is 23.7 Å². The standard InChI is InChI=1S/C27H34O7/c1-27(2,3)15-25(28)34-22-10-8-18(14-24(22)32-6)12-20-19(16-33-26(20)29)11-17-7-9-21(30-4)23(13-17)31-5/h7-10,13-14,19-20H,11-12,15-16H2,1-6H3/t19-,20+/m0/s1. The second-order valence-corrected chi connectivity index (χ2v) is 9.79. The number of carbonyl (C=O) groups excluding carboxylic acids is 2. The molecule has 0 aromatic heterocycles. The molecule has 7 heteroatoms. The Balaban J connectivity index is 1.72. The van der Waals surface area contributed by atoms with Crippen LogP contribution in [0.25, 0.3) is 0 Å². The smallest absolute Gasteiger partial charge is 0.311 e. The molecule has 2 aromatic carbocycles. The normalized spacial score (nSPS) is 17.8. The lowest BCUT2D eigenvalue weighted by Gasteiger charge is -2.19. The minimum Gasteiger partial charge on any atom is -0.493 e. The maximum Gasteiger partial charge on any atom is 0.311 e. The van der Waals surface area contributed by atoms with Crippen LogP contribution in [0.1, 0.15) is 38.3 Å². The van der Waals surface area contributed by atoms with Crippen molar-refractivity contribution in [3.63, 3.8) is 0 Å². The highest BCUT2D eigenvalue weighted by molar-refractivity contribution is 5.76. The van der Waals surface area contributed by atoms with Crippen molar-refractivity contribution in [2.75, 3.05) is 27.9 Å². The molecule has 0 N–H and O–H groups in total. The molecule has 1 heterocycles. The van der Waals surface area contributed by atoms with Crippen molar-refractivity contribution in [2.24, 2.45) is 17.3 Å². The van der Waals surface area contributed by atoms with E-state index in [0.29, 0.717) is 48.9 Å². The zero-order valence-corrected chi connectivity index (χ0v) is 20.8. The Morgan fingerprint density at radius 3 is 2.03 bits per heavy atom. The number of cyclic esters (lactones) is 1. The molecule has 0 saturated carbocycles. The Bertz CT molecular complexity index is 1020. The molecule has 0 amide bonds. The second kappa shape index (κ2) is 10.8. The van der Waals surface area contributed by atoms with Crippen LogP contribution >= 0.6 is 0 Å². The van der Waals surface area contributed by atoms with Crippen molar-refractivity contribution in [3.8, 4) is 23.0 Å². The van der Waals surface area contributed by atoms with E-state index < -0.39 is 0 Å². The monoisotopic (exact) mass is 470 g/mol. The van der Waals surface area contributed by atoms with Gasteiger partial charge in [0.1, 0.15) is 0 Å². The van der Waals surface area contributed by atoms with Gasteiger partial charge in [0.25, 0.3) is 0 Å². The molecule has 0 aliphatic carbocycles. The maximum absolute atomic E-state index is 12.5. The molecular formula is C27H34O7. The van der Waals surface area contributed by atoms with Crippen molar-refractivity contribution in [2.45, 2.75) is 40.0 Å². The molecule has 0 spiro atoms. The summed E-state index contributed by atoms with van der Waals surface area (Å²) in [6, 6.07) is 11.2. The summed E-state index contributed by atoms with van der Waals surface area (Å²) < 4.78 is 27.1. The predicted molar refractivity (Wildman–Crippen MR) is 128 cm³/mol. The number of carbonyl (C=O) groups is 2. The maximum atomic E-state index is 12.5. The van der Waals surface area contributed by atoms with Crippen molar-refractivity contribution in [1.82, 2.24) is 0 Å². The summed E-state index contributed by atoms with van der Waals surface area (Å²) in [5.74, 6) is 1.38. The van der Waals surface area contributed by atoms with Gasteiger partial charge in [-0.15, -0.1) is 0 Å². The number of esters is 2. The first kappa shape index (κ1) is 25.4. The minimum absolute atomic E-state index is 0.0286. The number of hydrogen-bond donors (Lipinski definition) is 0. The first-order valence-corrected chi connectivity index (χ1v) is 11.4. The van der Waals surface area contributed by atoms with E-state index in [1.165, 1.54) is 7.11 Å². The van der Waals surface area contributed by atoms with E-state index in [2.05, 4.69) is 0 Å². The summed E-state index contributed by atoms with van der Waals surface area (Å²) in [6.45, 7) is 6.31. The molecule has 1 saturated heterocycles. The summed E-state index contributed by atoms with van der Waals surface area (Å²) in [5.41, 5.74) is 1.79. The van der Waals surface area contributed by atoms with E-state index in [9.17, 15) is 9.59 Å². The third kappa shape index (κ3) is 6.43. The van der Waals surface area contributed by atoms with Crippen LogP contribution in [0.2, 0.25) is 0 Å². The van der Waals surface area contributed by atoms with E-state index in [0.717, 1.165) is 11.1 Å². The summed E-state index contributed by atoms with van der Waals surface area (Å²) in [7, 11) is 4.73. The molecular weight excluding hydrogens is 436 g/mol. The van der Waals surface area contributed by atoms with Crippen LogP contribution in [0.4, 0.5) is 0 Å². The van der Waals surface area contributed by atoms with Gasteiger partial charge in [0.15, 0.2) is 23.0 Å². The lowest BCUT2D eigenvalue weighted by Crippen LogP contribution is -2.21. The van der Waals surface area contributed by atoms with E-state index in [1.54, 1.807) is 20.3 Å². The highest BCUT2D eigenvalue weighted by Gasteiger charge is 2.37. The van der Waals surface area contributed by atoms with Crippen LogP contribution < -0.4 is 18.9 Å². The fraction of sp³-hybridized carbons (Fsp3) is 0.481. The van der Waals surface area contributed by atoms with Gasteiger partial charge in [-0.2, -0.15) is 0 Å². The van der Waals surface area contributed by atoms with Crippen LogP contribution in [0.3, 0.4) is 0 Å². The average Bonchev–Trinajstić information content (AvgIpc) is 3.12. The van der Waals surface area contributed by atoms with Crippen LogP contribution in [-0.4, -0.2) is 39.9 Å². The van der Waals surface area contributed by atoms with Gasteiger partial charge < -0.3 is 23.7 Å². The first-order valence-electron chi connectivity index (χ1n) is 11.4. The van der Waals surface area contributed by atoms with E-state index in [1.807, 2.05) is 51.1 Å². The molecule has 7 nitrogen and oxygen atoms in total. The first-order chi connectivity index (χ1) is 16.1. The third-order valence-electron chi connectivity index (χ3n) is 5.84. The Kier molecular flexibility index (Phi) is 8.07. The van der Waals surface area contributed by atoms with Gasteiger partial charge in [-0.3, -0.25) is 9.59 Å². The molecule has 1 aliphatic rings. The van der Waals surface area contributed by atoms with Gasteiger partial charge in [0.2, 0.25) is 0 Å². The molecule has 1 fully saturated rings. The summed E-state index contributed by atoms with van der Waals surface area (Å²) >= 11 is 0. The summed E-state index contributed by atoms with van der Waals surface area (Å²) in [6.07, 6.45) is 1.48. The van der Waals surface area contributed by atoms with Crippen molar-refractivity contribution in [1.29, 1.82) is 0 Å². The summed E-state index contributed by atoms with van der Waals surface area (Å²) in [5, 5.41) is 0. The molecule has 184 valence electrons. The van der Waals surface area contributed by atoms with Crippen molar-refractivity contribution in [3.05, 3.63) is 47.5 Å². The number of methoxy groups -OCH3 is 3. The van der Waals surface area contributed by atoms with Gasteiger partial charge >= 0.3 is 11.9 Å². The lowest BCUT2D eigenvalue weighted by atomic mass is 9.85. The zero-order valence-electron chi connectivity index (χ0n) is 20.8. The molecule has 1 aliphatic heterocycles. The van der Waals surface area contributed by atoms with Crippen molar-refractivity contribution < 1.29 is 33.3 Å². The number of rotatable bonds is 9. The van der Waals surface area contributed by atoms with Gasteiger partial charge in [0.05, 0.1) is 40.3 Å². The van der Waals surface area contributed by atoms with Gasteiger partial charge in [-0.05, 0) is 53.6 Å². The fourth-order valence-corrected chi connectivity index (χ4v) is 4.14. The zero-order chi connectivity index (χ0) is 24.9. The molecule has 0 bridgehead atoms. The number of ether oxygens (including phenoxy) is 5.